The van der Waals surface area contributed by atoms with E-state index in [4.69, 9.17) is 28.7 Å². The molecule has 0 fully saturated rings. The van der Waals surface area contributed by atoms with Gasteiger partial charge in [0.1, 0.15) is 78.8 Å². The molecule has 0 unspecified atom stereocenters. The Morgan fingerprint density at radius 3 is 1.27 bits per heavy atom. The number of aliphatic hydroxyl groups is 1. The predicted octanol–water partition coefficient (Wildman–Crippen LogP) is -6.14. The molecule has 0 bridgehead atoms. The van der Waals surface area contributed by atoms with Crippen molar-refractivity contribution in [3.05, 3.63) is 65.7 Å². The van der Waals surface area contributed by atoms with Crippen LogP contribution in [0.5, 0.6) is 5.75 Å². The highest BCUT2D eigenvalue weighted by Crippen LogP contribution is 2.16. The van der Waals surface area contributed by atoms with E-state index in [-0.39, 0.29) is 43.5 Å². The van der Waals surface area contributed by atoms with Crippen LogP contribution in [-0.2, 0) is 94.3 Å². The van der Waals surface area contributed by atoms with Crippen molar-refractivity contribution in [2.24, 2.45) is 40.5 Å². The second-order valence-corrected chi connectivity index (χ2v) is 26.9. The number of rotatable bonds is 55. The van der Waals surface area contributed by atoms with Gasteiger partial charge in [-0.05, 0) is 126 Å². The third-order valence-electron chi connectivity index (χ3n) is 17.5. The average Bonchev–Trinajstić information content (AvgIpc) is 0.847. The number of carbonyl (C=O) groups is 17. The SMILES string of the molecule is CC[C@H](C)[C@H](NC(=O)[C@H](CC(N)=O)NC(=O)[C@@H](NC(=O)[C@H](Cc1ccc(O)cc1)NC(=O)[C@H](CCC(=O)O)NC(=O)CNC(=O)[C@H](C)NC(=O)[C@H](CO)NC(=O)[C@H](CCCCN)NC(=O)[C@H](CCCCN)NC(=O)[C@@H](N)CCCCN)C(C)C)C(=O)N[C@@H](CCC(=O)O)C(=O)N[C@@H](Cc1ccccc1)C(=O)NCC(=O)O. The third-order valence-corrected chi connectivity index (χ3v) is 17.5. The van der Waals surface area contributed by atoms with Gasteiger partial charge in [-0.15, -0.1) is 0 Å². The quantitative estimate of drug-likeness (QED) is 0.0274. The standard InChI is InChI=1S/C71H112N18O22/c1-6-39(4)59(71(111)83-48(26-28-56(96)97)66(106)84-49(62(102)78-36-57(98)99)32-41-16-8-7-9-17-41)89-68(108)51(34-53(76)92)86-70(110)58(38(2)3)88-67(107)50(33-42-21-23-43(91)24-22-42)85-65(105)47(25-27-55(94)95)80-54(93)35-77-60(100)40(5)79-69(109)52(37-90)87-64(104)46(20-12-15-31-74)82-63(103)45(19-11-14-30-73)81-61(101)44(75)18-10-13-29-72/h7-9,16-17,21-24,38-40,44-52,58-59,90-91H,6,10-15,18-20,25-37,72-75H2,1-5H3,(H2,76,92)(H,77,100)(H,78,102)(H,79,109)(H,80,93)(H,81,101)(H,82,103)(H,83,111)(H,84,106)(H,85,105)(H,86,110)(H,87,104)(H,88,107)(H,89,108)(H,94,95)(H,96,97)(H,98,99)/t39-,40-,44-,45-,46-,47-,48-,49-,50-,51-,52-,58-,59-/m0/s1. The fourth-order valence-corrected chi connectivity index (χ4v) is 10.8. The second kappa shape index (κ2) is 51.4. The lowest BCUT2D eigenvalue weighted by atomic mass is 9.96. The van der Waals surface area contributed by atoms with Crippen LogP contribution in [0.25, 0.3) is 0 Å². The molecule has 0 saturated carbocycles. The highest BCUT2D eigenvalue weighted by Gasteiger charge is 2.38. The number of nitrogens with two attached hydrogens (primary N) is 5. The van der Waals surface area contributed by atoms with Crippen LogP contribution < -0.4 is 97.8 Å². The van der Waals surface area contributed by atoms with E-state index in [0.717, 1.165) is 0 Å². The van der Waals surface area contributed by atoms with Gasteiger partial charge in [0.05, 0.1) is 25.6 Å². The number of carboxylic acid groups (broad SMARTS) is 3. The maximum Gasteiger partial charge on any atom is 0.322 e. The van der Waals surface area contributed by atoms with Gasteiger partial charge in [-0.2, -0.15) is 0 Å². The summed E-state index contributed by atoms with van der Waals surface area (Å²) >= 11 is 0. The summed E-state index contributed by atoms with van der Waals surface area (Å²) in [7, 11) is 0. The van der Waals surface area contributed by atoms with Gasteiger partial charge in [0, 0.05) is 25.7 Å². The first-order valence-electron chi connectivity index (χ1n) is 36.6. The Kier molecular flexibility index (Phi) is 44.5. The molecule has 618 valence electrons. The molecular weight excluding hydrogens is 1460 g/mol. The van der Waals surface area contributed by atoms with Gasteiger partial charge in [-0.3, -0.25) is 81.5 Å². The fourth-order valence-electron chi connectivity index (χ4n) is 10.8. The number of phenols is 1. The van der Waals surface area contributed by atoms with E-state index in [1.54, 1.807) is 37.3 Å². The number of hydrogen-bond donors (Lipinski definition) is 23. The monoisotopic (exact) mass is 1570 g/mol. The highest BCUT2D eigenvalue weighted by atomic mass is 16.4. The first-order valence-corrected chi connectivity index (χ1v) is 36.6. The van der Waals surface area contributed by atoms with E-state index >= 15 is 0 Å². The summed E-state index contributed by atoms with van der Waals surface area (Å²) in [5.74, 6) is -20.5. The van der Waals surface area contributed by atoms with E-state index in [0.29, 0.717) is 63.6 Å². The summed E-state index contributed by atoms with van der Waals surface area (Å²) in [6, 6.07) is -5.07. The molecule has 0 spiro atoms. The van der Waals surface area contributed by atoms with Crippen LogP contribution in [0.1, 0.15) is 142 Å². The number of amides is 14. The predicted molar refractivity (Wildman–Crippen MR) is 398 cm³/mol. The van der Waals surface area contributed by atoms with Crippen LogP contribution >= 0.6 is 0 Å². The van der Waals surface area contributed by atoms with Gasteiger partial charge in [0.25, 0.3) is 0 Å². The molecule has 40 nitrogen and oxygen atoms in total. The molecule has 28 N–H and O–H groups in total. The van der Waals surface area contributed by atoms with Gasteiger partial charge < -0.3 is 123 Å². The third kappa shape index (κ3) is 37.3. The van der Waals surface area contributed by atoms with Crippen molar-refractivity contribution < 1.29 is 107 Å². The number of unbranched alkanes of at least 4 members (excludes halogenated alkanes) is 3. The molecule has 0 aliphatic heterocycles. The van der Waals surface area contributed by atoms with Gasteiger partial charge in [0.15, 0.2) is 0 Å². The minimum absolute atomic E-state index is 0.00265. The smallest absolute Gasteiger partial charge is 0.322 e. The number of aromatic hydroxyl groups is 1. The Morgan fingerprint density at radius 1 is 0.396 bits per heavy atom. The number of primary amides is 1. The fraction of sp³-hybridized carbons (Fsp3) is 0.592. The van der Waals surface area contributed by atoms with Crippen molar-refractivity contribution in [2.45, 2.75) is 216 Å². The number of phenolic OH excluding ortho intramolecular Hbond substituents is 1. The maximum absolute atomic E-state index is 14.5. The zero-order valence-corrected chi connectivity index (χ0v) is 63.1. The van der Waals surface area contributed by atoms with Crippen LogP contribution in [0.4, 0.5) is 0 Å². The van der Waals surface area contributed by atoms with Gasteiger partial charge in [0.2, 0.25) is 82.7 Å². The Balaban J connectivity index is 2.39. The van der Waals surface area contributed by atoms with Crippen LogP contribution in [-0.4, -0.2) is 238 Å². The summed E-state index contributed by atoms with van der Waals surface area (Å²) in [6.07, 6.45) is -0.788. The van der Waals surface area contributed by atoms with Crippen molar-refractivity contribution >= 4 is 101 Å². The lowest BCUT2D eigenvalue weighted by Crippen LogP contribution is -2.62. The lowest BCUT2D eigenvalue weighted by Gasteiger charge is -2.30. The molecule has 111 heavy (non-hydrogen) atoms. The topological polar surface area (TPSA) is 678 Å². The average molecular weight is 1570 g/mol. The number of carboxylic acids is 3. The number of hydrogen-bond acceptors (Lipinski definition) is 23. The van der Waals surface area contributed by atoms with E-state index in [1.165, 1.54) is 52.0 Å². The summed E-state index contributed by atoms with van der Waals surface area (Å²) in [5.41, 5.74) is 29.4. The number of nitrogens with one attached hydrogen (secondary N) is 13. The van der Waals surface area contributed by atoms with Crippen LogP contribution in [0.15, 0.2) is 54.6 Å². The number of aliphatic hydroxyl groups excluding tert-OH is 1. The molecule has 0 heterocycles. The van der Waals surface area contributed by atoms with E-state index in [9.17, 15) is 107 Å². The molecule has 13 atom stereocenters. The molecule has 40 heteroatoms. The summed E-state index contributed by atoms with van der Waals surface area (Å²) in [6.45, 7) is 5.33. The molecule has 0 aliphatic rings. The van der Waals surface area contributed by atoms with Crippen molar-refractivity contribution in [3.8, 4) is 5.75 Å². The molecule has 0 radical (unpaired) electrons. The molecule has 0 saturated heterocycles. The first-order chi connectivity index (χ1) is 52.5. The van der Waals surface area contributed by atoms with Crippen LogP contribution in [0.2, 0.25) is 0 Å². The van der Waals surface area contributed by atoms with Crippen molar-refractivity contribution in [1.29, 1.82) is 0 Å². The van der Waals surface area contributed by atoms with E-state index < -0.39 is 243 Å². The summed E-state index contributed by atoms with van der Waals surface area (Å²) < 4.78 is 0. The molecule has 0 aromatic heterocycles. The minimum Gasteiger partial charge on any atom is -0.508 e. The number of benzene rings is 2. The number of aliphatic carboxylic acids is 3. The Bertz CT molecular complexity index is 3450. The van der Waals surface area contributed by atoms with E-state index in [2.05, 4.69) is 69.1 Å². The Labute approximate surface area is 642 Å². The van der Waals surface area contributed by atoms with Crippen molar-refractivity contribution in [2.75, 3.05) is 39.3 Å². The maximum atomic E-state index is 14.5. The molecule has 14 amide bonds. The molecule has 2 rings (SSSR count). The summed E-state index contributed by atoms with van der Waals surface area (Å²) in [5, 5.41) is 80.0. The van der Waals surface area contributed by atoms with E-state index in [1.807, 2.05) is 0 Å². The Hall–Kier alpha value is -11.0. The van der Waals surface area contributed by atoms with Crippen LogP contribution in [0.3, 0.4) is 0 Å². The lowest BCUT2D eigenvalue weighted by molar-refractivity contribution is -0.140. The minimum atomic E-state index is -1.90. The molecular formula is C71H112N18O22. The second-order valence-electron chi connectivity index (χ2n) is 26.9. The van der Waals surface area contributed by atoms with Gasteiger partial charge in [-0.25, -0.2) is 0 Å². The van der Waals surface area contributed by atoms with Crippen molar-refractivity contribution in [3.63, 3.8) is 0 Å². The zero-order chi connectivity index (χ0) is 83.4. The van der Waals surface area contributed by atoms with Crippen molar-refractivity contribution in [1.82, 2.24) is 69.1 Å². The highest BCUT2D eigenvalue weighted by molar-refractivity contribution is 6.01. The van der Waals surface area contributed by atoms with Gasteiger partial charge >= 0.3 is 17.9 Å². The Morgan fingerprint density at radius 2 is 0.793 bits per heavy atom. The normalized spacial score (nSPS) is 14.5. The summed E-state index contributed by atoms with van der Waals surface area (Å²) in [4.78, 5) is 228. The first kappa shape index (κ1) is 96.1. The van der Waals surface area contributed by atoms with Gasteiger partial charge in [-0.1, -0.05) is 83.0 Å². The molecule has 0 aliphatic carbocycles. The number of carbonyl (C=O) groups excluding carboxylic acids is 14. The zero-order valence-electron chi connectivity index (χ0n) is 63.1. The largest absolute Gasteiger partial charge is 0.508 e. The van der Waals surface area contributed by atoms with Crippen LogP contribution in [0, 0.1) is 11.8 Å². The molecule has 2 aromatic rings. The molecule has 2 aromatic carbocycles.